The van der Waals surface area contributed by atoms with Gasteiger partial charge in [0.1, 0.15) is 0 Å². The fourth-order valence-electron chi connectivity index (χ4n) is 8.51. The highest BCUT2D eigenvalue weighted by atomic mass is 16.5. The van der Waals surface area contributed by atoms with Crippen LogP contribution in [0.25, 0.3) is 0 Å². The monoisotopic (exact) mass is 874 g/mol. The molecule has 0 saturated heterocycles. The Morgan fingerprint density at radius 3 is 1.19 bits per heavy atom. The number of carbonyl (C=O) groups excluding carboxylic acids is 2. The van der Waals surface area contributed by atoms with Gasteiger partial charge in [-0.25, -0.2) is 0 Å². The van der Waals surface area contributed by atoms with Crippen molar-refractivity contribution in [3.8, 4) is 0 Å². The normalized spacial score (nSPS) is 12.8. The minimum absolute atomic E-state index is 0.0118. The van der Waals surface area contributed by atoms with Gasteiger partial charge in [0.2, 0.25) is 5.91 Å². The van der Waals surface area contributed by atoms with E-state index in [0.717, 1.165) is 70.6 Å². The minimum Gasteiger partial charge on any atom is -0.466 e. The molecule has 0 aromatic carbocycles. The summed E-state index contributed by atoms with van der Waals surface area (Å²) in [6.45, 7) is 4.91. The highest BCUT2D eigenvalue weighted by Gasteiger charge is 2.20. The van der Waals surface area contributed by atoms with Crippen molar-refractivity contribution in [1.29, 1.82) is 0 Å². The number of aliphatic hydroxyl groups is 2. The fraction of sp³-hybridized carbons (Fsp3) is 0.893. The standard InChI is InChI=1S/C56H107NO5/c1-3-5-7-9-11-13-15-24-28-32-36-40-44-48-54(59)53(52-58)57-55(60)49-45-41-37-33-29-26-22-20-18-17-19-21-23-27-31-35-39-43-47-51-62-56(61)50-46-42-38-34-30-25-16-14-12-10-8-6-4-2/h21,23,27,31,53-54,58-59H,3-20,22,24-26,28-30,32-52H2,1-2H3,(H,57,60)/b23-21-,31-27-. The largest absolute Gasteiger partial charge is 0.466 e. The maximum atomic E-state index is 12.4. The molecule has 0 aromatic heterocycles. The lowest BCUT2D eigenvalue weighted by atomic mass is 10.0. The van der Waals surface area contributed by atoms with E-state index < -0.39 is 12.1 Å². The van der Waals surface area contributed by atoms with Gasteiger partial charge in [-0.2, -0.15) is 0 Å². The van der Waals surface area contributed by atoms with E-state index in [1.807, 2.05) is 0 Å². The van der Waals surface area contributed by atoms with Gasteiger partial charge in [-0.1, -0.05) is 250 Å². The molecule has 366 valence electrons. The molecular formula is C56H107NO5. The summed E-state index contributed by atoms with van der Waals surface area (Å²) in [5.74, 6) is -0.0564. The number of nitrogens with one attached hydrogen (secondary N) is 1. The van der Waals surface area contributed by atoms with E-state index >= 15 is 0 Å². The lowest BCUT2D eigenvalue weighted by molar-refractivity contribution is -0.143. The smallest absolute Gasteiger partial charge is 0.305 e. The molecule has 0 bridgehead atoms. The molecule has 6 heteroatoms. The van der Waals surface area contributed by atoms with E-state index in [1.165, 1.54) is 193 Å². The summed E-state index contributed by atoms with van der Waals surface area (Å²) in [5, 5.41) is 23.2. The van der Waals surface area contributed by atoms with Crippen molar-refractivity contribution in [3.05, 3.63) is 24.3 Å². The van der Waals surface area contributed by atoms with Crippen LogP contribution in [0, 0.1) is 0 Å². The molecule has 0 rings (SSSR count). The maximum Gasteiger partial charge on any atom is 0.305 e. The van der Waals surface area contributed by atoms with Crippen LogP contribution in [0.2, 0.25) is 0 Å². The zero-order chi connectivity index (χ0) is 45.1. The molecule has 0 heterocycles. The molecule has 0 saturated carbocycles. The van der Waals surface area contributed by atoms with E-state index in [4.69, 9.17) is 4.74 Å². The van der Waals surface area contributed by atoms with Crippen molar-refractivity contribution in [3.63, 3.8) is 0 Å². The lowest BCUT2D eigenvalue weighted by Gasteiger charge is -2.22. The van der Waals surface area contributed by atoms with Crippen LogP contribution in [0.5, 0.6) is 0 Å². The van der Waals surface area contributed by atoms with Crippen LogP contribution < -0.4 is 5.32 Å². The highest BCUT2D eigenvalue weighted by Crippen LogP contribution is 2.17. The van der Waals surface area contributed by atoms with Crippen LogP contribution in [0.3, 0.4) is 0 Å². The number of unbranched alkanes of at least 4 members (excludes halogenated alkanes) is 37. The Labute approximate surface area is 386 Å². The number of ether oxygens (including phenoxy) is 1. The van der Waals surface area contributed by atoms with Gasteiger partial charge in [0.15, 0.2) is 0 Å². The molecule has 3 N–H and O–H groups in total. The molecule has 2 unspecified atom stereocenters. The first-order chi connectivity index (χ1) is 30.5. The summed E-state index contributed by atoms with van der Waals surface area (Å²) in [5.41, 5.74) is 0. The van der Waals surface area contributed by atoms with Gasteiger partial charge in [0.25, 0.3) is 0 Å². The third kappa shape index (κ3) is 47.8. The Morgan fingerprint density at radius 1 is 0.452 bits per heavy atom. The number of hydrogen-bond acceptors (Lipinski definition) is 5. The number of aliphatic hydroxyl groups excluding tert-OH is 2. The SMILES string of the molecule is CCCCCCCCCCCCCCCC(=O)OCCCCC/C=C\C=C/CCCCCCCCCCCCC(=O)NC(CO)C(O)CCCCCCCCCCCCCCC. The van der Waals surface area contributed by atoms with Gasteiger partial charge >= 0.3 is 5.97 Å². The maximum absolute atomic E-state index is 12.4. The van der Waals surface area contributed by atoms with Crippen molar-refractivity contribution in [2.24, 2.45) is 0 Å². The molecule has 0 fully saturated rings. The van der Waals surface area contributed by atoms with Gasteiger partial charge in [-0.05, 0) is 57.8 Å². The van der Waals surface area contributed by atoms with Gasteiger partial charge in [0.05, 0.1) is 25.4 Å². The third-order valence-electron chi connectivity index (χ3n) is 12.8. The number of amides is 1. The van der Waals surface area contributed by atoms with E-state index in [9.17, 15) is 19.8 Å². The summed E-state index contributed by atoms with van der Waals surface area (Å²) in [6.07, 6.45) is 61.6. The minimum atomic E-state index is -0.670. The van der Waals surface area contributed by atoms with Crippen LogP contribution in [0.4, 0.5) is 0 Å². The van der Waals surface area contributed by atoms with E-state index in [1.54, 1.807) is 0 Å². The first kappa shape index (κ1) is 60.3. The molecule has 0 radical (unpaired) electrons. The molecule has 0 spiro atoms. The van der Waals surface area contributed by atoms with Gasteiger partial charge < -0.3 is 20.3 Å². The predicted molar refractivity (Wildman–Crippen MR) is 269 cm³/mol. The van der Waals surface area contributed by atoms with Crippen molar-refractivity contribution in [2.75, 3.05) is 13.2 Å². The number of hydrogen-bond donors (Lipinski definition) is 3. The summed E-state index contributed by atoms with van der Waals surface area (Å²) in [7, 11) is 0. The quantitative estimate of drug-likeness (QED) is 0.0321. The summed E-state index contributed by atoms with van der Waals surface area (Å²) < 4.78 is 5.44. The van der Waals surface area contributed by atoms with Gasteiger partial charge in [-0.15, -0.1) is 0 Å². The topological polar surface area (TPSA) is 95.9 Å². The average Bonchev–Trinajstić information content (AvgIpc) is 3.27. The van der Waals surface area contributed by atoms with Crippen molar-refractivity contribution < 1.29 is 24.5 Å². The summed E-state index contributed by atoms with van der Waals surface area (Å²) >= 11 is 0. The Morgan fingerprint density at radius 2 is 0.790 bits per heavy atom. The summed E-state index contributed by atoms with van der Waals surface area (Å²) in [6, 6.07) is -0.548. The second-order valence-electron chi connectivity index (χ2n) is 18.9. The van der Waals surface area contributed by atoms with E-state index in [0.29, 0.717) is 25.9 Å². The second-order valence-corrected chi connectivity index (χ2v) is 18.9. The first-order valence-electron chi connectivity index (χ1n) is 27.6. The molecule has 0 aliphatic rings. The van der Waals surface area contributed by atoms with Gasteiger partial charge in [-0.3, -0.25) is 9.59 Å². The predicted octanol–water partition coefficient (Wildman–Crippen LogP) is 16.7. The van der Waals surface area contributed by atoms with E-state index in [-0.39, 0.29) is 18.5 Å². The van der Waals surface area contributed by atoms with Crippen LogP contribution in [0.15, 0.2) is 24.3 Å². The van der Waals surface area contributed by atoms with Crippen LogP contribution >= 0.6 is 0 Å². The van der Waals surface area contributed by atoms with Crippen molar-refractivity contribution in [1.82, 2.24) is 5.32 Å². The number of rotatable bonds is 51. The highest BCUT2D eigenvalue weighted by molar-refractivity contribution is 5.76. The van der Waals surface area contributed by atoms with Crippen molar-refractivity contribution in [2.45, 2.75) is 309 Å². The Bertz CT molecular complexity index is 966. The zero-order valence-electron chi connectivity index (χ0n) is 41.6. The Hall–Kier alpha value is -1.66. The molecule has 0 aliphatic carbocycles. The van der Waals surface area contributed by atoms with E-state index in [2.05, 4.69) is 43.5 Å². The molecule has 6 nitrogen and oxygen atoms in total. The Kier molecular flexibility index (Phi) is 50.6. The third-order valence-corrected chi connectivity index (χ3v) is 12.8. The fourth-order valence-corrected chi connectivity index (χ4v) is 8.51. The van der Waals surface area contributed by atoms with Crippen LogP contribution in [-0.4, -0.2) is 47.4 Å². The number of carbonyl (C=O) groups is 2. The lowest BCUT2D eigenvalue weighted by Crippen LogP contribution is -2.45. The summed E-state index contributed by atoms with van der Waals surface area (Å²) in [4.78, 5) is 24.4. The first-order valence-corrected chi connectivity index (χ1v) is 27.6. The number of allylic oxidation sites excluding steroid dienone is 4. The average molecular weight is 874 g/mol. The second kappa shape index (κ2) is 52.0. The molecule has 62 heavy (non-hydrogen) atoms. The molecule has 0 aliphatic heterocycles. The Balaban J connectivity index is 3.47. The molecule has 0 aromatic rings. The molecular weight excluding hydrogens is 767 g/mol. The van der Waals surface area contributed by atoms with Gasteiger partial charge in [0, 0.05) is 12.8 Å². The molecule has 2 atom stereocenters. The number of esters is 1. The van der Waals surface area contributed by atoms with Crippen LogP contribution in [-0.2, 0) is 14.3 Å². The molecule has 1 amide bonds. The van der Waals surface area contributed by atoms with Crippen molar-refractivity contribution >= 4 is 11.9 Å². The van der Waals surface area contributed by atoms with Crippen LogP contribution in [0.1, 0.15) is 296 Å². The zero-order valence-corrected chi connectivity index (χ0v) is 41.6.